The van der Waals surface area contributed by atoms with Crippen LogP contribution in [-0.4, -0.2) is 47.9 Å². The first kappa shape index (κ1) is 17.8. The third-order valence-electron chi connectivity index (χ3n) is 3.15. The van der Waals surface area contributed by atoms with Crippen molar-refractivity contribution in [2.45, 2.75) is 44.8 Å². The summed E-state index contributed by atoms with van der Waals surface area (Å²) in [6, 6.07) is 2.13. The molecule has 2 amide bonds. The molecular formula is C15H23N3O4. The number of hydrogen-bond donors (Lipinski definition) is 1. The summed E-state index contributed by atoms with van der Waals surface area (Å²) < 4.78 is 10.1. The van der Waals surface area contributed by atoms with Gasteiger partial charge < -0.3 is 19.7 Å². The number of piperidine rings is 1. The van der Waals surface area contributed by atoms with Crippen LogP contribution in [0.25, 0.3) is 0 Å². The fraction of sp³-hybridized carbons (Fsp3) is 0.667. The fourth-order valence-electron chi connectivity index (χ4n) is 2.06. The average Bonchev–Trinajstić information content (AvgIpc) is 2.43. The van der Waals surface area contributed by atoms with Gasteiger partial charge in [-0.25, -0.2) is 9.59 Å². The molecule has 7 heteroatoms. The van der Waals surface area contributed by atoms with Crippen LogP contribution in [0.1, 0.15) is 33.6 Å². The van der Waals surface area contributed by atoms with Crippen molar-refractivity contribution in [2.75, 3.05) is 19.7 Å². The molecule has 22 heavy (non-hydrogen) atoms. The fourth-order valence-corrected chi connectivity index (χ4v) is 2.06. The van der Waals surface area contributed by atoms with Gasteiger partial charge in [-0.05, 0) is 20.8 Å². The number of alkyl carbamates (subject to hydrolysis) is 1. The Morgan fingerprint density at radius 1 is 1.41 bits per heavy atom. The summed E-state index contributed by atoms with van der Waals surface area (Å²) in [5.41, 5.74) is -1.65. The second-order valence-electron chi connectivity index (χ2n) is 6.17. The van der Waals surface area contributed by atoms with Crippen LogP contribution < -0.4 is 5.32 Å². The molecule has 1 saturated heterocycles. The first-order valence-electron chi connectivity index (χ1n) is 7.16. The Kier molecular flexibility index (Phi) is 5.80. The molecule has 0 aromatic carbocycles. The van der Waals surface area contributed by atoms with Crippen LogP contribution in [0.5, 0.6) is 0 Å². The van der Waals surface area contributed by atoms with Gasteiger partial charge in [-0.1, -0.05) is 12.7 Å². The minimum Gasteiger partial charge on any atom is -0.445 e. The van der Waals surface area contributed by atoms with Crippen LogP contribution in [-0.2, 0) is 9.47 Å². The van der Waals surface area contributed by atoms with Gasteiger partial charge in [0.1, 0.15) is 17.7 Å². The van der Waals surface area contributed by atoms with Crippen molar-refractivity contribution < 1.29 is 19.1 Å². The number of nitriles is 1. The van der Waals surface area contributed by atoms with Gasteiger partial charge in [-0.3, -0.25) is 0 Å². The van der Waals surface area contributed by atoms with Gasteiger partial charge in [0, 0.05) is 25.9 Å². The predicted molar refractivity (Wildman–Crippen MR) is 80.1 cm³/mol. The minimum atomic E-state index is -1.02. The van der Waals surface area contributed by atoms with Crippen molar-refractivity contribution in [1.82, 2.24) is 10.2 Å². The second kappa shape index (κ2) is 7.16. The zero-order chi connectivity index (χ0) is 16.8. The van der Waals surface area contributed by atoms with Gasteiger partial charge in [0.15, 0.2) is 0 Å². The first-order chi connectivity index (χ1) is 10.2. The van der Waals surface area contributed by atoms with Crippen molar-refractivity contribution in [3.63, 3.8) is 0 Å². The maximum atomic E-state index is 11.8. The van der Waals surface area contributed by atoms with E-state index < -0.39 is 23.3 Å². The van der Waals surface area contributed by atoms with Gasteiger partial charge in [0.25, 0.3) is 0 Å². The zero-order valence-corrected chi connectivity index (χ0v) is 13.3. The van der Waals surface area contributed by atoms with E-state index in [0.29, 0.717) is 25.9 Å². The molecule has 0 aromatic rings. The van der Waals surface area contributed by atoms with E-state index >= 15 is 0 Å². The third kappa shape index (κ3) is 5.28. The number of carbonyl (C=O) groups excluding carboxylic acids is 2. The van der Waals surface area contributed by atoms with E-state index in [4.69, 9.17) is 9.47 Å². The molecule has 1 heterocycles. The largest absolute Gasteiger partial charge is 0.445 e. The summed E-state index contributed by atoms with van der Waals surface area (Å²) in [6.45, 7) is 9.55. The van der Waals surface area contributed by atoms with Crippen molar-refractivity contribution >= 4 is 12.2 Å². The number of nitrogens with one attached hydrogen (secondary N) is 1. The van der Waals surface area contributed by atoms with Gasteiger partial charge >= 0.3 is 12.2 Å². The Labute approximate surface area is 130 Å². The molecule has 0 bridgehead atoms. The molecule has 7 nitrogen and oxygen atoms in total. The monoisotopic (exact) mass is 309 g/mol. The maximum absolute atomic E-state index is 11.8. The predicted octanol–water partition coefficient (Wildman–Crippen LogP) is 2.19. The lowest BCUT2D eigenvalue weighted by Crippen LogP contribution is -2.56. The smallest absolute Gasteiger partial charge is 0.410 e. The van der Waals surface area contributed by atoms with Crippen molar-refractivity contribution in [3.8, 4) is 6.07 Å². The summed E-state index contributed by atoms with van der Waals surface area (Å²) in [7, 11) is 0. The van der Waals surface area contributed by atoms with E-state index in [-0.39, 0.29) is 6.61 Å². The molecular weight excluding hydrogens is 286 g/mol. The first-order valence-corrected chi connectivity index (χ1v) is 7.16. The highest BCUT2D eigenvalue weighted by molar-refractivity contribution is 5.70. The molecule has 1 aliphatic rings. The van der Waals surface area contributed by atoms with E-state index in [0.717, 1.165) is 0 Å². The topological polar surface area (TPSA) is 91.7 Å². The van der Waals surface area contributed by atoms with E-state index in [2.05, 4.69) is 18.0 Å². The van der Waals surface area contributed by atoms with E-state index in [9.17, 15) is 14.9 Å². The summed E-state index contributed by atoms with van der Waals surface area (Å²) in [6.07, 6.45) is 1.07. The molecule has 0 aliphatic carbocycles. The molecule has 1 rings (SSSR count). The Hall–Kier alpha value is -2.23. The Bertz CT molecular complexity index is 468. The number of amides is 2. The van der Waals surface area contributed by atoms with Gasteiger partial charge in [0.05, 0.1) is 6.07 Å². The lowest BCUT2D eigenvalue weighted by atomic mass is 9.89. The van der Waals surface area contributed by atoms with Crippen LogP contribution in [0, 0.1) is 11.3 Å². The highest BCUT2D eigenvalue weighted by atomic mass is 16.6. The number of nitrogens with zero attached hydrogens (tertiary/aromatic N) is 2. The molecule has 0 spiro atoms. The summed E-state index contributed by atoms with van der Waals surface area (Å²) >= 11 is 0. The number of hydrogen-bond acceptors (Lipinski definition) is 5. The quantitative estimate of drug-likeness (QED) is 0.807. The summed E-state index contributed by atoms with van der Waals surface area (Å²) in [5.74, 6) is 0. The van der Waals surface area contributed by atoms with E-state index in [1.54, 1.807) is 20.8 Å². The Morgan fingerprint density at radius 3 is 2.45 bits per heavy atom. The second-order valence-corrected chi connectivity index (χ2v) is 6.17. The number of carbonyl (C=O) groups is 2. The zero-order valence-electron chi connectivity index (χ0n) is 13.3. The molecule has 1 N–H and O–H groups in total. The standard InChI is InChI=1S/C15H23N3O4/c1-5-10-21-13(20)18-8-6-15(11-16,7-9-18)17-12(19)22-14(2,3)4/h5H,1,6-10H2,2-4H3,(H,17,19). The lowest BCUT2D eigenvalue weighted by Gasteiger charge is -2.37. The minimum absolute atomic E-state index is 0.148. The van der Waals surface area contributed by atoms with E-state index in [1.807, 2.05) is 0 Å². The summed E-state index contributed by atoms with van der Waals surface area (Å²) in [4.78, 5) is 25.1. The number of ether oxygens (including phenoxy) is 2. The molecule has 0 saturated carbocycles. The van der Waals surface area contributed by atoms with Gasteiger partial charge in [-0.15, -0.1) is 0 Å². The van der Waals surface area contributed by atoms with Crippen LogP contribution in [0.2, 0.25) is 0 Å². The number of likely N-dealkylation sites (tertiary alicyclic amines) is 1. The third-order valence-corrected chi connectivity index (χ3v) is 3.15. The maximum Gasteiger partial charge on any atom is 0.410 e. The molecule has 1 fully saturated rings. The Morgan fingerprint density at radius 2 is 2.00 bits per heavy atom. The van der Waals surface area contributed by atoms with Crippen LogP contribution in [0.4, 0.5) is 9.59 Å². The highest BCUT2D eigenvalue weighted by Gasteiger charge is 2.39. The van der Waals surface area contributed by atoms with Crippen molar-refractivity contribution in [1.29, 1.82) is 5.26 Å². The molecule has 122 valence electrons. The van der Waals surface area contributed by atoms with Gasteiger partial charge in [0.2, 0.25) is 0 Å². The average molecular weight is 309 g/mol. The van der Waals surface area contributed by atoms with Crippen LogP contribution >= 0.6 is 0 Å². The molecule has 1 aliphatic heterocycles. The molecule has 0 aromatic heterocycles. The van der Waals surface area contributed by atoms with Gasteiger partial charge in [-0.2, -0.15) is 5.26 Å². The van der Waals surface area contributed by atoms with Crippen LogP contribution in [0.15, 0.2) is 12.7 Å². The normalized spacial score (nSPS) is 17.1. The van der Waals surface area contributed by atoms with Crippen molar-refractivity contribution in [2.24, 2.45) is 0 Å². The number of rotatable bonds is 3. The molecule has 0 radical (unpaired) electrons. The molecule has 0 atom stereocenters. The molecule has 0 unspecified atom stereocenters. The van der Waals surface area contributed by atoms with Crippen molar-refractivity contribution in [3.05, 3.63) is 12.7 Å². The van der Waals surface area contributed by atoms with Crippen LogP contribution in [0.3, 0.4) is 0 Å². The summed E-state index contributed by atoms with van der Waals surface area (Å²) in [5, 5.41) is 12.0. The SMILES string of the molecule is C=CCOC(=O)N1CCC(C#N)(NC(=O)OC(C)(C)C)CC1. The highest BCUT2D eigenvalue weighted by Crippen LogP contribution is 2.23. The Balaban J connectivity index is 2.57. The van der Waals surface area contributed by atoms with E-state index in [1.165, 1.54) is 11.0 Å². The lowest BCUT2D eigenvalue weighted by molar-refractivity contribution is 0.0432.